The summed E-state index contributed by atoms with van der Waals surface area (Å²) in [6, 6.07) is 7.22. The summed E-state index contributed by atoms with van der Waals surface area (Å²) in [4.78, 5) is 11.0. The minimum atomic E-state index is -3.31. The van der Waals surface area contributed by atoms with Gasteiger partial charge in [-0.25, -0.2) is 27.2 Å². The molecule has 0 radical (unpaired) electrons. The maximum absolute atomic E-state index is 14.0. The molecule has 0 unspecified atom stereocenters. The van der Waals surface area contributed by atoms with Crippen LogP contribution >= 0.6 is 0 Å². The number of halogens is 2. The summed E-state index contributed by atoms with van der Waals surface area (Å²) in [5.74, 6) is -2.00. The fraction of sp³-hybridized carbons (Fsp3) is 0.391. The molecule has 0 spiro atoms. The van der Waals surface area contributed by atoms with Gasteiger partial charge in [0.05, 0.1) is 16.8 Å². The molecule has 0 amide bonds. The summed E-state index contributed by atoms with van der Waals surface area (Å²) in [5, 5.41) is 10.9. The monoisotopic (exact) mass is 476 g/mol. The molecule has 4 rings (SSSR count). The average molecular weight is 477 g/mol. The number of nitrogens with zero attached hydrogens (tertiary/aromatic N) is 4. The Hall–Kier alpha value is -2.85. The Labute approximate surface area is 191 Å². The second kappa shape index (κ2) is 9.18. The first-order chi connectivity index (χ1) is 15.7. The number of hydrogen-bond donors (Lipinski definition) is 1. The number of sulfonamides is 1. The van der Waals surface area contributed by atoms with Gasteiger partial charge in [-0.15, -0.1) is 0 Å². The molecule has 2 aromatic carbocycles. The standard InChI is InChI=1S/C23H26F2N4O3S/c1-3-4-11-33(31,32)29-9-7-28(8-10-29)23-17-6-5-15(2)12-20(17)26-22(27-23)18-13-16(24)14-19(25)21(18)30/h5-6,12-14,30H,3-4,7-11H2,1-2H3. The first-order valence-electron chi connectivity index (χ1n) is 10.9. The zero-order chi connectivity index (χ0) is 23.8. The Kier molecular flexibility index (Phi) is 6.49. The van der Waals surface area contributed by atoms with Crippen LogP contribution in [0.4, 0.5) is 14.6 Å². The van der Waals surface area contributed by atoms with Gasteiger partial charge in [0.25, 0.3) is 0 Å². The van der Waals surface area contributed by atoms with Crippen molar-refractivity contribution >= 4 is 26.7 Å². The predicted molar refractivity (Wildman–Crippen MR) is 124 cm³/mol. The summed E-state index contributed by atoms with van der Waals surface area (Å²) in [6.45, 7) is 5.31. The lowest BCUT2D eigenvalue weighted by molar-refractivity contribution is 0.383. The molecule has 1 aliphatic rings. The number of hydrogen-bond acceptors (Lipinski definition) is 6. The molecule has 2 heterocycles. The van der Waals surface area contributed by atoms with Gasteiger partial charge < -0.3 is 10.0 Å². The van der Waals surface area contributed by atoms with Crippen molar-refractivity contribution < 1.29 is 22.3 Å². The van der Waals surface area contributed by atoms with Crippen molar-refractivity contribution in [3.05, 3.63) is 47.5 Å². The van der Waals surface area contributed by atoms with Crippen LogP contribution in [0.2, 0.25) is 0 Å². The molecule has 176 valence electrons. The highest BCUT2D eigenvalue weighted by Crippen LogP contribution is 2.34. The summed E-state index contributed by atoms with van der Waals surface area (Å²) < 4.78 is 54.5. The van der Waals surface area contributed by atoms with Gasteiger partial charge in [0.15, 0.2) is 17.4 Å². The van der Waals surface area contributed by atoms with Crippen LogP contribution in [0, 0.1) is 18.6 Å². The van der Waals surface area contributed by atoms with Crippen LogP contribution in [0.5, 0.6) is 5.75 Å². The number of piperazine rings is 1. The first kappa shape index (κ1) is 23.3. The van der Waals surface area contributed by atoms with E-state index in [4.69, 9.17) is 0 Å². The quantitative estimate of drug-likeness (QED) is 0.582. The van der Waals surface area contributed by atoms with Crippen molar-refractivity contribution in [2.24, 2.45) is 0 Å². The summed E-state index contributed by atoms with van der Waals surface area (Å²) in [5.41, 5.74) is 1.37. The van der Waals surface area contributed by atoms with Crippen molar-refractivity contribution in [1.82, 2.24) is 14.3 Å². The third kappa shape index (κ3) is 4.77. The molecule has 7 nitrogen and oxygen atoms in total. The van der Waals surface area contributed by atoms with E-state index in [0.29, 0.717) is 50.0 Å². The second-order valence-corrected chi connectivity index (χ2v) is 10.3. The Balaban J connectivity index is 1.73. The lowest BCUT2D eigenvalue weighted by Crippen LogP contribution is -2.49. The van der Waals surface area contributed by atoms with Gasteiger partial charge in [-0.1, -0.05) is 19.4 Å². The number of aromatic nitrogens is 2. The molecule has 1 saturated heterocycles. The van der Waals surface area contributed by atoms with Crippen molar-refractivity contribution in [2.75, 3.05) is 36.8 Å². The third-order valence-corrected chi connectivity index (χ3v) is 7.75. The molecular weight excluding hydrogens is 450 g/mol. The molecule has 1 aliphatic heterocycles. The number of aromatic hydroxyl groups is 1. The van der Waals surface area contributed by atoms with Crippen molar-refractivity contribution in [3.63, 3.8) is 0 Å². The van der Waals surface area contributed by atoms with Crippen LogP contribution in [0.15, 0.2) is 30.3 Å². The minimum absolute atomic E-state index is 0.00278. The van der Waals surface area contributed by atoms with E-state index in [1.807, 2.05) is 36.9 Å². The van der Waals surface area contributed by atoms with E-state index < -0.39 is 27.4 Å². The zero-order valence-corrected chi connectivity index (χ0v) is 19.4. The Morgan fingerprint density at radius 2 is 1.79 bits per heavy atom. The molecule has 3 aromatic rings. The van der Waals surface area contributed by atoms with Gasteiger partial charge in [0.1, 0.15) is 11.6 Å². The minimum Gasteiger partial charge on any atom is -0.504 e. The van der Waals surface area contributed by atoms with E-state index in [0.717, 1.165) is 23.4 Å². The second-order valence-electron chi connectivity index (χ2n) is 8.23. The molecule has 0 atom stereocenters. The summed E-state index contributed by atoms with van der Waals surface area (Å²) in [7, 11) is -3.31. The first-order valence-corrected chi connectivity index (χ1v) is 12.5. The molecule has 0 saturated carbocycles. The molecule has 1 aromatic heterocycles. The van der Waals surface area contributed by atoms with Crippen LogP contribution in [-0.4, -0.2) is 59.7 Å². The molecule has 1 fully saturated rings. The van der Waals surface area contributed by atoms with Crippen molar-refractivity contribution in [3.8, 4) is 17.1 Å². The van der Waals surface area contributed by atoms with Crippen LogP contribution in [0.1, 0.15) is 25.3 Å². The van der Waals surface area contributed by atoms with Crippen molar-refractivity contribution in [2.45, 2.75) is 26.7 Å². The van der Waals surface area contributed by atoms with E-state index in [1.54, 1.807) is 0 Å². The van der Waals surface area contributed by atoms with Gasteiger partial charge in [0.2, 0.25) is 10.0 Å². The highest BCUT2D eigenvalue weighted by Gasteiger charge is 2.28. The Morgan fingerprint density at radius 3 is 2.48 bits per heavy atom. The van der Waals surface area contributed by atoms with Gasteiger partial charge in [-0.05, 0) is 37.1 Å². The van der Waals surface area contributed by atoms with E-state index in [2.05, 4.69) is 9.97 Å². The molecule has 1 N–H and O–H groups in total. The average Bonchev–Trinajstić information content (AvgIpc) is 2.79. The van der Waals surface area contributed by atoms with Crippen LogP contribution < -0.4 is 4.90 Å². The zero-order valence-electron chi connectivity index (χ0n) is 18.6. The lowest BCUT2D eigenvalue weighted by Gasteiger charge is -2.35. The fourth-order valence-electron chi connectivity index (χ4n) is 3.95. The number of phenolic OH excluding ortho intramolecular Hbond substituents is 1. The molecule has 0 bridgehead atoms. The largest absolute Gasteiger partial charge is 0.504 e. The van der Waals surface area contributed by atoms with Crippen molar-refractivity contribution in [1.29, 1.82) is 0 Å². The number of unbranched alkanes of at least 4 members (excludes halogenated alkanes) is 1. The molecule has 10 heteroatoms. The molecule has 0 aliphatic carbocycles. The number of aryl methyl sites for hydroxylation is 1. The van der Waals surface area contributed by atoms with Gasteiger partial charge >= 0.3 is 0 Å². The third-order valence-electron chi connectivity index (χ3n) is 5.79. The SMILES string of the molecule is CCCCS(=O)(=O)N1CCN(c2nc(-c3cc(F)cc(F)c3O)nc3cc(C)ccc23)CC1. The molecular formula is C23H26F2N4O3S. The predicted octanol–water partition coefficient (Wildman–Crippen LogP) is 3.84. The van der Waals surface area contributed by atoms with E-state index >= 15 is 0 Å². The van der Waals surface area contributed by atoms with Crippen LogP contribution in [-0.2, 0) is 10.0 Å². The Bertz CT molecular complexity index is 1290. The van der Waals surface area contributed by atoms with Gasteiger partial charge in [-0.3, -0.25) is 0 Å². The highest BCUT2D eigenvalue weighted by molar-refractivity contribution is 7.89. The number of fused-ring (bicyclic) bond motifs is 1. The Morgan fingerprint density at radius 1 is 1.06 bits per heavy atom. The molecule has 33 heavy (non-hydrogen) atoms. The van der Waals surface area contributed by atoms with Crippen LogP contribution in [0.3, 0.4) is 0 Å². The van der Waals surface area contributed by atoms with E-state index in [9.17, 15) is 22.3 Å². The maximum Gasteiger partial charge on any atom is 0.214 e. The topological polar surface area (TPSA) is 86.6 Å². The number of rotatable bonds is 6. The van der Waals surface area contributed by atoms with Gasteiger partial charge in [-0.2, -0.15) is 4.31 Å². The summed E-state index contributed by atoms with van der Waals surface area (Å²) in [6.07, 6.45) is 1.43. The van der Waals surface area contributed by atoms with Crippen LogP contribution in [0.25, 0.3) is 22.3 Å². The summed E-state index contributed by atoms with van der Waals surface area (Å²) >= 11 is 0. The number of anilines is 1. The fourth-order valence-corrected chi connectivity index (χ4v) is 5.59. The smallest absolute Gasteiger partial charge is 0.214 e. The number of phenols is 1. The number of benzene rings is 2. The van der Waals surface area contributed by atoms with E-state index in [1.165, 1.54) is 4.31 Å². The highest BCUT2D eigenvalue weighted by atomic mass is 32.2. The van der Waals surface area contributed by atoms with Gasteiger partial charge in [0, 0.05) is 37.6 Å². The lowest BCUT2D eigenvalue weighted by atomic mass is 10.1. The maximum atomic E-state index is 14.0. The van der Waals surface area contributed by atoms with E-state index in [-0.39, 0.29) is 17.1 Å². The normalized spacial score (nSPS) is 15.3.